The second-order valence-electron chi connectivity index (χ2n) is 8.99. The standard InChI is InChI=1S/C26H26N6O5/c1-13-3-7-19(36-13)16-10-18(32-22(16)26(27)29-12-30-32)25-24(34)23(33)20(37-25)11-35-15-6-4-14-5-8-21(28-2)31-17(14)9-15/h3-10,12,20,23-25,33-34H,11H2,1-2H3,(H,28,31)(H2,27,29,30)/t20-,23-,24-,25+/m1/s1. The number of aryl methyl sites for hydroxylation is 1. The number of nitrogens with zero attached hydrogens (tertiary/aromatic N) is 4. The smallest absolute Gasteiger partial charge is 0.152 e. The molecule has 11 nitrogen and oxygen atoms in total. The number of rotatable bonds is 6. The molecule has 0 amide bonds. The van der Waals surface area contributed by atoms with E-state index in [-0.39, 0.29) is 12.4 Å². The Labute approximate surface area is 211 Å². The highest BCUT2D eigenvalue weighted by molar-refractivity contribution is 5.86. The Morgan fingerprint density at radius 2 is 1.95 bits per heavy atom. The topological polar surface area (TPSA) is 153 Å². The van der Waals surface area contributed by atoms with E-state index in [0.29, 0.717) is 28.3 Å². The van der Waals surface area contributed by atoms with Gasteiger partial charge in [-0.2, -0.15) is 5.10 Å². The molecule has 1 aliphatic rings. The predicted molar refractivity (Wildman–Crippen MR) is 136 cm³/mol. The average molecular weight is 503 g/mol. The monoisotopic (exact) mass is 502 g/mol. The fraction of sp³-hybridized carbons (Fsp3) is 0.269. The number of ether oxygens (including phenoxy) is 2. The van der Waals surface area contributed by atoms with Crippen LogP contribution >= 0.6 is 0 Å². The third kappa shape index (κ3) is 4.02. The number of benzene rings is 1. The maximum Gasteiger partial charge on any atom is 0.152 e. The van der Waals surface area contributed by atoms with E-state index < -0.39 is 24.4 Å². The van der Waals surface area contributed by atoms with E-state index in [2.05, 4.69) is 20.4 Å². The second-order valence-corrected chi connectivity index (χ2v) is 8.99. The summed E-state index contributed by atoms with van der Waals surface area (Å²) >= 11 is 0. The van der Waals surface area contributed by atoms with Gasteiger partial charge in [-0.25, -0.2) is 14.5 Å². The predicted octanol–water partition coefficient (Wildman–Crippen LogP) is 2.71. The van der Waals surface area contributed by atoms with Crippen molar-refractivity contribution in [2.45, 2.75) is 31.3 Å². The molecule has 5 aromatic rings. The number of aliphatic hydroxyl groups is 2. The van der Waals surface area contributed by atoms with Gasteiger partial charge in [-0.3, -0.25) is 0 Å². The van der Waals surface area contributed by atoms with Crippen molar-refractivity contribution in [1.82, 2.24) is 19.6 Å². The quantitative estimate of drug-likeness (QED) is 0.273. The molecule has 1 fully saturated rings. The number of furan rings is 1. The van der Waals surface area contributed by atoms with Gasteiger partial charge in [0.15, 0.2) is 5.82 Å². The van der Waals surface area contributed by atoms with Gasteiger partial charge in [0, 0.05) is 24.1 Å². The molecule has 11 heteroatoms. The van der Waals surface area contributed by atoms with Crippen molar-refractivity contribution in [3.8, 4) is 17.1 Å². The zero-order chi connectivity index (χ0) is 25.7. The van der Waals surface area contributed by atoms with Crippen LogP contribution in [0.4, 0.5) is 11.6 Å². The fourth-order valence-electron chi connectivity index (χ4n) is 4.70. The van der Waals surface area contributed by atoms with Gasteiger partial charge in [-0.1, -0.05) is 0 Å². The summed E-state index contributed by atoms with van der Waals surface area (Å²) in [6.07, 6.45) is -2.74. The average Bonchev–Trinajstić information content (AvgIpc) is 3.59. The molecule has 4 aromatic heterocycles. The summed E-state index contributed by atoms with van der Waals surface area (Å²) in [6, 6.07) is 14.9. The van der Waals surface area contributed by atoms with Crippen molar-refractivity contribution in [2.75, 3.05) is 24.7 Å². The van der Waals surface area contributed by atoms with E-state index in [1.54, 1.807) is 10.6 Å². The minimum absolute atomic E-state index is 0.0244. The van der Waals surface area contributed by atoms with Crippen LogP contribution in [0.15, 0.2) is 59.3 Å². The van der Waals surface area contributed by atoms with Crippen molar-refractivity contribution in [3.63, 3.8) is 0 Å². The van der Waals surface area contributed by atoms with Crippen LogP contribution < -0.4 is 15.8 Å². The molecule has 37 heavy (non-hydrogen) atoms. The summed E-state index contributed by atoms with van der Waals surface area (Å²) in [5.74, 6) is 2.90. The lowest BCUT2D eigenvalue weighted by Crippen LogP contribution is -2.34. The van der Waals surface area contributed by atoms with Crippen LogP contribution in [0.5, 0.6) is 5.75 Å². The van der Waals surface area contributed by atoms with Crippen molar-refractivity contribution < 1.29 is 24.1 Å². The summed E-state index contributed by atoms with van der Waals surface area (Å²) < 4.78 is 19.4. The number of pyridine rings is 1. The summed E-state index contributed by atoms with van der Waals surface area (Å²) in [5.41, 5.74) is 8.65. The normalized spacial score (nSPS) is 21.6. The first-order valence-electron chi connectivity index (χ1n) is 11.8. The van der Waals surface area contributed by atoms with Crippen molar-refractivity contribution in [2.24, 2.45) is 0 Å². The zero-order valence-electron chi connectivity index (χ0n) is 20.2. The molecule has 0 radical (unpaired) electrons. The van der Waals surface area contributed by atoms with Gasteiger partial charge >= 0.3 is 0 Å². The van der Waals surface area contributed by atoms with E-state index in [0.717, 1.165) is 22.5 Å². The highest BCUT2D eigenvalue weighted by Crippen LogP contribution is 2.39. The lowest BCUT2D eigenvalue weighted by molar-refractivity contribution is -0.0187. The molecule has 6 rings (SSSR count). The fourth-order valence-corrected chi connectivity index (χ4v) is 4.70. The Balaban J connectivity index is 1.27. The number of nitrogen functional groups attached to an aromatic ring is 1. The van der Waals surface area contributed by atoms with E-state index in [1.807, 2.05) is 56.4 Å². The van der Waals surface area contributed by atoms with Gasteiger partial charge in [0.1, 0.15) is 66.0 Å². The number of aliphatic hydroxyl groups excluding tert-OH is 2. The van der Waals surface area contributed by atoms with Gasteiger partial charge in [-0.15, -0.1) is 0 Å². The van der Waals surface area contributed by atoms with Crippen LogP contribution in [0.1, 0.15) is 17.6 Å². The third-order valence-corrected chi connectivity index (χ3v) is 6.60. The Morgan fingerprint density at radius 3 is 2.73 bits per heavy atom. The SMILES string of the molecule is CNc1ccc2ccc(OC[C@H]3O[C@@H](c4cc(-c5ccc(C)o5)c5c(N)ncnn45)[C@H](O)[C@@H]3O)cc2n1. The maximum atomic E-state index is 10.9. The summed E-state index contributed by atoms with van der Waals surface area (Å²) in [6.45, 7) is 1.87. The first kappa shape index (κ1) is 23.2. The van der Waals surface area contributed by atoms with Crippen molar-refractivity contribution in [1.29, 1.82) is 0 Å². The molecule has 190 valence electrons. The Hall–Kier alpha value is -4.19. The van der Waals surface area contributed by atoms with Crippen LogP contribution in [0.2, 0.25) is 0 Å². The van der Waals surface area contributed by atoms with E-state index in [1.165, 1.54) is 6.33 Å². The number of aromatic nitrogens is 4. The van der Waals surface area contributed by atoms with Gasteiger partial charge in [0.05, 0.1) is 11.2 Å². The molecule has 4 atom stereocenters. The molecule has 1 aliphatic heterocycles. The van der Waals surface area contributed by atoms with Crippen molar-refractivity contribution in [3.05, 3.63) is 66.3 Å². The van der Waals surface area contributed by atoms with Gasteiger partial charge in [0.2, 0.25) is 0 Å². The highest BCUT2D eigenvalue weighted by Gasteiger charge is 2.45. The minimum Gasteiger partial charge on any atom is -0.491 e. The van der Waals surface area contributed by atoms with Crippen LogP contribution in [0, 0.1) is 6.92 Å². The molecule has 1 aromatic carbocycles. The van der Waals surface area contributed by atoms with Crippen LogP contribution in [-0.4, -0.2) is 61.8 Å². The molecule has 0 unspecified atom stereocenters. The number of nitrogens with two attached hydrogens (primary N) is 1. The number of nitrogens with one attached hydrogen (secondary N) is 1. The number of hydrogen-bond donors (Lipinski definition) is 4. The lowest BCUT2D eigenvalue weighted by Gasteiger charge is -2.16. The van der Waals surface area contributed by atoms with E-state index in [4.69, 9.17) is 19.6 Å². The maximum absolute atomic E-state index is 10.9. The van der Waals surface area contributed by atoms with Gasteiger partial charge in [0.25, 0.3) is 0 Å². The summed E-state index contributed by atoms with van der Waals surface area (Å²) in [4.78, 5) is 8.64. The molecule has 0 bridgehead atoms. The molecule has 5 heterocycles. The molecule has 1 saturated heterocycles. The van der Waals surface area contributed by atoms with Crippen LogP contribution in [-0.2, 0) is 4.74 Å². The van der Waals surface area contributed by atoms with E-state index >= 15 is 0 Å². The molecule has 0 spiro atoms. The molecule has 5 N–H and O–H groups in total. The Bertz CT molecular complexity index is 1600. The molecule has 0 saturated carbocycles. The number of fused-ring (bicyclic) bond motifs is 2. The summed E-state index contributed by atoms with van der Waals surface area (Å²) in [5, 5.41) is 30.1. The lowest BCUT2D eigenvalue weighted by atomic mass is 10.1. The van der Waals surface area contributed by atoms with Crippen LogP contribution in [0.25, 0.3) is 27.7 Å². The highest BCUT2D eigenvalue weighted by atomic mass is 16.6. The van der Waals surface area contributed by atoms with Crippen molar-refractivity contribution >= 4 is 28.1 Å². The minimum atomic E-state index is -1.22. The molecular weight excluding hydrogens is 476 g/mol. The van der Waals surface area contributed by atoms with Gasteiger partial charge in [-0.05, 0) is 49.4 Å². The van der Waals surface area contributed by atoms with E-state index in [9.17, 15) is 10.2 Å². The summed E-state index contributed by atoms with van der Waals surface area (Å²) in [7, 11) is 1.81. The third-order valence-electron chi connectivity index (χ3n) is 6.60. The Kier molecular flexibility index (Phi) is 5.67. The molecular formula is C26H26N6O5. The zero-order valence-corrected chi connectivity index (χ0v) is 20.2. The first-order valence-corrected chi connectivity index (χ1v) is 11.8. The first-order chi connectivity index (χ1) is 17.9. The number of anilines is 2. The Morgan fingerprint density at radius 1 is 1.11 bits per heavy atom. The van der Waals surface area contributed by atoms with Gasteiger partial charge < -0.3 is 35.2 Å². The second kappa shape index (κ2) is 9.04. The number of hydrogen-bond acceptors (Lipinski definition) is 10. The largest absolute Gasteiger partial charge is 0.491 e. The molecule has 0 aliphatic carbocycles. The van der Waals surface area contributed by atoms with Crippen LogP contribution in [0.3, 0.4) is 0 Å².